The maximum absolute atomic E-state index is 12.1. The van der Waals surface area contributed by atoms with Gasteiger partial charge in [-0.1, -0.05) is 30.3 Å². The molecule has 3 aromatic carbocycles. The maximum atomic E-state index is 12.1. The number of aliphatic hydroxyl groups is 1. The van der Waals surface area contributed by atoms with Crippen molar-refractivity contribution in [1.29, 1.82) is 0 Å². The van der Waals surface area contributed by atoms with E-state index in [2.05, 4.69) is 26.5 Å². The summed E-state index contributed by atoms with van der Waals surface area (Å²) in [6.45, 7) is 0.174. The number of aliphatic hydroxyl groups excluding tert-OH is 1. The van der Waals surface area contributed by atoms with Crippen LogP contribution >= 0.6 is 15.9 Å². The average molecular weight is 514 g/mol. The predicted octanol–water partition coefficient (Wildman–Crippen LogP) is 4.13. The Morgan fingerprint density at radius 1 is 1.21 bits per heavy atom. The van der Waals surface area contributed by atoms with E-state index in [0.29, 0.717) is 27.1 Å². The van der Waals surface area contributed by atoms with Crippen molar-refractivity contribution in [2.45, 2.75) is 12.7 Å². The number of carbonyl (C=O) groups is 1. The molecule has 9 nitrogen and oxygen atoms in total. The number of nitro benzene ring substituents is 1. The van der Waals surface area contributed by atoms with E-state index in [9.17, 15) is 20.0 Å². The lowest BCUT2D eigenvalue weighted by molar-refractivity contribution is -0.384. The highest BCUT2D eigenvalue weighted by atomic mass is 79.9. The van der Waals surface area contributed by atoms with Crippen LogP contribution in [0.25, 0.3) is 0 Å². The van der Waals surface area contributed by atoms with Gasteiger partial charge in [0.05, 0.1) is 22.7 Å². The normalized spacial score (nSPS) is 11.7. The number of nitrogens with zero attached hydrogens (tertiary/aromatic N) is 2. The SMILES string of the molecule is COc1cc(/C=N\NC(=O)[C@H](O)c2ccccc2)cc(Br)c1OCc1ccc([N+](=O)[O-])cc1. The van der Waals surface area contributed by atoms with Gasteiger partial charge in [-0.2, -0.15) is 5.10 Å². The fourth-order valence-electron chi connectivity index (χ4n) is 2.84. The van der Waals surface area contributed by atoms with Crippen molar-refractivity contribution in [1.82, 2.24) is 5.43 Å². The Hall–Kier alpha value is -3.76. The summed E-state index contributed by atoms with van der Waals surface area (Å²) in [6, 6.07) is 18.0. The van der Waals surface area contributed by atoms with E-state index >= 15 is 0 Å². The van der Waals surface area contributed by atoms with E-state index in [0.717, 1.165) is 5.56 Å². The lowest BCUT2D eigenvalue weighted by Crippen LogP contribution is -2.25. The number of amides is 1. The quantitative estimate of drug-likeness (QED) is 0.252. The Kier molecular flexibility index (Phi) is 8.11. The summed E-state index contributed by atoms with van der Waals surface area (Å²) < 4.78 is 11.8. The van der Waals surface area contributed by atoms with E-state index in [1.807, 2.05) is 0 Å². The van der Waals surface area contributed by atoms with Gasteiger partial charge in [-0.3, -0.25) is 14.9 Å². The minimum absolute atomic E-state index is 0.00419. The number of hydrogen-bond donors (Lipinski definition) is 2. The van der Waals surface area contributed by atoms with E-state index in [1.165, 1.54) is 25.5 Å². The van der Waals surface area contributed by atoms with Crippen LogP contribution in [0.4, 0.5) is 5.69 Å². The van der Waals surface area contributed by atoms with Crippen LogP contribution in [0.2, 0.25) is 0 Å². The zero-order chi connectivity index (χ0) is 23.8. The molecule has 0 aromatic heterocycles. The number of non-ortho nitro benzene ring substituents is 1. The standard InChI is InChI=1S/C23H20BrN3O6/c1-32-20-12-16(13-25-26-23(29)21(28)17-5-3-2-4-6-17)11-19(24)22(20)33-14-15-7-9-18(10-8-15)27(30)31/h2-13,21,28H,14H2,1H3,(H,26,29)/b25-13-/t21-/m1/s1. The second kappa shape index (κ2) is 11.2. The third kappa shape index (κ3) is 6.37. The number of ether oxygens (including phenoxy) is 2. The zero-order valence-electron chi connectivity index (χ0n) is 17.5. The molecule has 0 aliphatic carbocycles. The van der Waals surface area contributed by atoms with Gasteiger partial charge in [0.1, 0.15) is 6.61 Å². The summed E-state index contributed by atoms with van der Waals surface area (Å²) in [5.74, 6) is 0.200. The minimum Gasteiger partial charge on any atom is -0.493 e. The third-order valence-electron chi connectivity index (χ3n) is 4.53. The first-order valence-electron chi connectivity index (χ1n) is 9.68. The average Bonchev–Trinajstić information content (AvgIpc) is 2.83. The zero-order valence-corrected chi connectivity index (χ0v) is 19.1. The maximum Gasteiger partial charge on any atom is 0.273 e. The van der Waals surface area contributed by atoms with E-state index < -0.39 is 16.9 Å². The van der Waals surface area contributed by atoms with Gasteiger partial charge in [0.2, 0.25) is 0 Å². The van der Waals surface area contributed by atoms with E-state index in [4.69, 9.17) is 9.47 Å². The highest BCUT2D eigenvalue weighted by Gasteiger charge is 2.16. The molecular formula is C23H20BrN3O6. The smallest absolute Gasteiger partial charge is 0.273 e. The molecule has 0 unspecified atom stereocenters. The first-order valence-corrected chi connectivity index (χ1v) is 10.5. The molecule has 0 heterocycles. The van der Waals surface area contributed by atoms with Crippen LogP contribution in [0, 0.1) is 10.1 Å². The van der Waals surface area contributed by atoms with Crippen LogP contribution in [-0.2, 0) is 11.4 Å². The molecule has 10 heteroatoms. The largest absolute Gasteiger partial charge is 0.493 e. The Bertz CT molecular complexity index is 1150. The molecule has 0 fully saturated rings. The molecule has 1 atom stereocenters. The Morgan fingerprint density at radius 2 is 1.91 bits per heavy atom. The van der Waals surface area contributed by atoms with Gasteiger partial charge in [0.15, 0.2) is 17.6 Å². The monoisotopic (exact) mass is 513 g/mol. The number of benzene rings is 3. The highest BCUT2D eigenvalue weighted by molar-refractivity contribution is 9.10. The Balaban J connectivity index is 1.65. The predicted molar refractivity (Wildman–Crippen MR) is 125 cm³/mol. The molecule has 1 amide bonds. The van der Waals surface area contributed by atoms with Gasteiger partial charge in [-0.05, 0) is 56.9 Å². The Morgan fingerprint density at radius 3 is 2.55 bits per heavy atom. The number of nitrogens with one attached hydrogen (secondary N) is 1. The van der Waals surface area contributed by atoms with Gasteiger partial charge >= 0.3 is 0 Å². The fraction of sp³-hybridized carbons (Fsp3) is 0.130. The van der Waals surface area contributed by atoms with Gasteiger partial charge < -0.3 is 14.6 Å². The van der Waals surface area contributed by atoms with Gasteiger partial charge in [0, 0.05) is 12.1 Å². The first-order chi connectivity index (χ1) is 15.9. The third-order valence-corrected chi connectivity index (χ3v) is 5.12. The molecule has 170 valence electrons. The molecule has 2 N–H and O–H groups in total. The number of rotatable bonds is 9. The number of halogens is 1. The molecule has 0 bridgehead atoms. The lowest BCUT2D eigenvalue weighted by atomic mass is 10.1. The topological polar surface area (TPSA) is 123 Å². The van der Waals surface area contributed by atoms with Crippen LogP contribution in [-0.4, -0.2) is 29.3 Å². The number of hydrazone groups is 1. The molecule has 33 heavy (non-hydrogen) atoms. The van der Waals surface area contributed by atoms with Gasteiger partial charge in [0.25, 0.3) is 11.6 Å². The number of carbonyl (C=O) groups excluding carboxylic acids is 1. The highest BCUT2D eigenvalue weighted by Crippen LogP contribution is 2.37. The van der Waals surface area contributed by atoms with Gasteiger partial charge in [-0.25, -0.2) is 5.43 Å². The summed E-state index contributed by atoms with van der Waals surface area (Å²) in [6.07, 6.45) is 0.0723. The number of methoxy groups -OCH3 is 1. The van der Waals surface area contributed by atoms with Crippen LogP contribution in [0.3, 0.4) is 0 Å². The fourth-order valence-corrected chi connectivity index (χ4v) is 3.42. The second-order valence-electron chi connectivity index (χ2n) is 6.79. The molecule has 0 spiro atoms. The van der Waals surface area contributed by atoms with Gasteiger partial charge in [-0.15, -0.1) is 0 Å². The van der Waals surface area contributed by atoms with Crippen molar-refractivity contribution >= 4 is 33.7 Å². The molecule has 0 saturated heterocycles. The molecule has 0 aliphatic rings. The Labute approximate surface area is 197 Å². The van der Waals surface area contributed by atoms with Crippen molar-refractivity contribution < 1.29 is 24.3 Å². The molecule has 0 aliphatic heterocycles. The lowest BCUT2D eigenvalue weighted by Gasteiger charge is -2.13. The summed E-state index contributed by atoms with van der Waals surface area (Å²) in [4.78, 5) is 22.4. The second-order valence-corrected chi connectivity index (χ2v) is 7.65. The van der Waals surface area contributed by atoms with E-state index in [1.54, 1.807) is 54.6 Å². The van der Waals surface area contributed by atoms with Crippen LogP contribution in [0.1, 0.15) is 22.8 Å². The minimum atomic E-state index is -1.33. The van der Waals surface area contributed by atoms with Crippen LogP contribution < -0.4 is 14.9 Å². The molecule has 3 rings (SSSR count). The molecule has 3 aromatic rings. The molecule has 0 saturated carbocycles. The summed E-state index contributed by atoms with van der Waals surface area (Å²) >= 11 is 3.43. The summed E-state index contributed by atoms with van der Waals surface area (Å²) in [7, 11) is 1.49. The first kappa shape index (κ1) is 23.9. The van der Waals surface area contributed by atoms with Crippen molar-refractivity contribution in [2.24, 2.45) is 5.10 Å². The van der Waals surface area contributed by atoms with E-state index in [-0.39, 0.29) is 12.3 Å². The van der Waals surface area contributed by atoms with Crippen molar-refractivity contribution in [2.75, 3.05) is 7.11 Å². The number of hydrogen-bond acceptors (Lipinski definition) is 7. The van der Waals surface area contributed by atoms with Crippen LogP contribution in [0.15, 0.2) is 76.3 Å². The summed E-state index contributed by atoms with van der Waals surface area (Å²) in [5, 5.41) is 24.7. The van der Waals surface area contributed by atoms with Crippen molar-refractivity contribution in [3.8, 4) is 11.5 Å². The molecule has 0 radical (unpaired) electrons. The summed E-state index contributed by atoms with van der Waals surface area (Å²) in [5.41, 5.74) is 4.13. The number of nitro groups is 1. The molecular weight excluding hydrogens is 494 g/mol. The van der Waals surface area contributed by atoms with Crippen molar-refractivity contribution in [3.05, 3.63) is 98.0 Å². The van der Waals surface area contributed by atoms with Crippen molar-refractivity contribution in [3.63, 3.8) is 0 Å². The van der Waals surface area contributed by atoms with Crippen LogP contribution in [0.5, 0.6) is 11.5 Å².